The second-order valence-electron chi connectivity index (χ2n) is 4.82. The Hall–Kier alpha value is -1.62. The molecule has 100 valence electrons. The van der Waals surface area contributed by atoms with E-state index in [9.17, 15) is 9.18 Å². The monoisotopic (exact) mass is 254 g/mol. The maximum atomic E-state index is 12.9. The van der Waals surface area contributed by atoms with Crippen molar-refractivity contribution < 1.29 is 13.9 Å². The van der Waals surface area contributed by atoms with E-state index in [2.05, 4.69) is 0 Å². The molecule has 1 rings (SSSR count). The quantitative estimate of drug-likeness (QED) is 0.835. The zero-order valence-corrected chi connectivity index (χ0v) is 10.9. The average Bonchev–Trinajstić information content (AvgIpc) is 2.21. The summed E-state index contributed by atoms with van der Waals surface area (Å²) in [6.07, 6.45) is -0.00393. The van der Waals surface area contributed by atoms with Crippen LogP contribution in [0.5, 0.6) is 5.75 Å². The predicted molar refractivity (Wildman–Crippen MR) is 67.6 cm³/mol. The van der Waals surface area contributed by atoms with Crippen LogP contribution >= 0.6 is 0 Å². The highest BCUT2D eigenvalue weighted by Crippen LogP contribution is 2.22. The summed E-state index contributed by atoms with van der Waals surface area (Å²) in [7, 11) is 0. The van der Waals surface area contributed by atoms with Gasteiger partial charge in [0, 0.05) is 6.42 Å². The van der Waals surface area contributed by atoms with Crippen LogP contribution in [0.4, 0.5) is 4.39 Å². The zero-order valence-electron chi connectivity index (χ0n) is 10.9. The Morgan fingerprint density at radius 2 is 2.17 bits per heavy atom. The molecular formula is C13H19FN2O2. The van der Waals surface area contributed by atoms with Crippen molar-refractivity contribution in [3.63, 3.8) is 0 Å². The van der Waals surface area contributed by atoms with Gasteiger partial charge in [-0.1, -0.05) is 0 Å². The first kappa shape index (κ1) is 14.4. The number of rotatable bonds is 5. The van der Waals surface area contributed by atoms with Gasteiger partial charge >= 0.3 is 0 Å². The van der Waals surface area contributed by atoms with Gasteiger partial charge < -0.3 is 16.2 Å². The Morgan fingerprint density at radius 3 is 2.67 bits per heavy atom. The van der Waals surface area contributed by atoms with Gasteiger partial charge in [0.25, 0.3) is 0 Å². The molecule has 0 radical (unpaired) electrons. The van der Waals surface area contributed by atoms with E-state index < -0.39 is 11.4 Å². The lowest BCUT2D eigenvalue weighted by atomic mass is 9.95. The van der Waals surface area contributed by atoms with Crippen LogP contribution in [-0.4, -0.2) is 17.6 Å². The highest BCUT2D eigenvalue weighted by molar-refractivity contribution is 5.83. The number of nitrogens with two attached hydrogens (primary N) is 2. The van der Waals surface area contributed by atoms with Crippen LogP contribution in [-0.2, 0) is 4.79 Å². The lowest BCUT2D eigenvalue weighted by Gasteiger charge is -2.25. The van der Waals surface area contributed by atoms with Crippen LogP contribution in [0.2, 0.25) is 0 Å². The molecule has 0 fully saturated rings. The van der Waals surface area contributed by atoms with Crippen molar-refractivity contribution in [3.8, 4) is 5.75 Å². The predicted octanol–water partition coefficient (Wildman–Crippen LogP) is 1.49. The molecule has 2 unspecified atom stereocenters. The Balaban J connectivity index is 2.70. The van der Waals surface area contributed by atoms with Crippen LogP contribution in [0.3, 0.4) is 0 Å². The van der Waals surface area contributed by atoms with E-state index in [4.69, 9.17) is 16.2 Å². The minimum absolute atomic E-state index is 0.291. The fourth-order valence-corrected chi connectivity index (χ4v) is 1.70. The Morgan fingerprint density at radius 1 is 1.56 bits per heavy atom. The van der Waals surface area contributed by atoms with Crippen LogP contribution in [0.1, 0.15) is 25.8 Å². The minimum Gasteiger partial charge on any atom is -0.490 e. The topological polar surface area (TPSA) is 78.3 Å². The Labute approximate surface area is 106 Å². The van der Waals surface area contributed by atoms with E-state index in [0.29, 0.717) is 17.7 Å². The number of hydrogen-bond donors (Lipinski definition) is 2. The number of carbonyl (C=O) groups is 1. The molecule has 5 heteroatoms. The first-order valence-electron chi connectivity index (χ1n) is 5.74. The van der Waals surface area contributed by atoms with Crippen LogP contribution in [0, 0.1) is 12.7 Å². The number of hydrogen-bond acceptors (Lipinski definition) is 3. The molecular weight excluding hydrogens is 235 g/mol. The maximum absolute atomic E-state index is 12.9. The lowest BCUT2D eigenvalue weighted by Crippen LogP contribution is -2.51. The third-order valence-electron chi connectivity index (χ3n) is 2.74. The molecule has 0 aliphatic heterocycles. The highest BCUT2D eigenvalue weighted by Gasteiger charge is 2.28. The smallest absolute Gasteiger partial charge is 0.237 e. The lowest BCUT2D eigenvalue weighted by molar-refractivity contribution is -0.123. The zero-order chi connectivity index (χ0) is 13.9. The molecule has 1 aromatic rings. The summed E-state index contributed by atoms with van der Waals surface area (Å²) in [6.45, 7) is 5.10. The van der Waals surface area contributed by atoms with Crippen molar-refractivity contribution in [1.29, 1.82) is 0 Å². The number of aryl methyl sites for hydroxylation is 1. The van der Waals surface area contributed by atoms with Crippen molar-refractivity contribution in [3.05, 3.63) is 29.6 Å². The summed E-state index contributed by atoms with van der Waals surface area (Å²) in [5.41, 5.74) is 10.5. The molecule has 0 spiro atoms. The van der Waals surface area contributed by atoms with E-state index >= 15 is 0 Å². The Bertz CT molecular complexity index is 447. The molecule has 4 nitrogen and oxygen atoms in total. The molecule has 0 saturated carbocycles. The average molecular weight is 254 g/mol. The van der Waals surface area contributed by atoms with Crippen molar-refractivity contribution in [2.24, 2.45) is 11.5 Å². The number of ether oxygens (including phenoxy) is 1. The fraction of sp³-hybridized carbons (Fsp3) is 0.462. The van der Waals surface area contributed by atoms with Gasteiger partial charge in [0.05, 0.1) is 11.6 Å². The van der Waals surface area contributed by atoms with E-state index in [1.165, 1.54) is 12.1 Å². The normalized spacial score (nSPS) is 15.8. The molecule has 1 aromatic carbocycles. The van der Waals surface area contributed by atoms with Gasteiger partial charge in [-0.25, -0.2) is 4.39 Å². The van der Waals surface area contributed by atoms with E-state index in [-0.39, 0.29) is 11.9 Å². The molecule has 0 aromatic heterocycles. The minimum atomic E-state index is -1.12. The van der Waals surface area contributed by atoms with Crippen molar-refractivity contribution >= 4 is 5.91 Å². The van der Waals surface area contributed by atoms with Gasteiger partial charge in [0.15, 0.2) is 0 Å². The molecule has 0 heterocycles. The molecule has 0 saturated heterocycles. The second-order valence-corrected chi connectivity index (χ2v) is 4.82. The number of carbonyl (C=O) groups excluding carboxylic acids is 1. The third kappa shape index (κ3) is 3.70. The summed E-state index contributed by atoms with van der Waals surface area (Å²) < 4.78 is 18.6. The molecule has 18 heavy (non-hydrogen) atoms. The van der Waals surface area contributed by atoms with Gasteiger partial charge in [-0.2, -0.15) is 0 Å². The number of amides is 1. The molecule has 1 amide bonds. The van der Waals surface area contributed by atoms with Crippen molar-refractivity contribution in [1.82, 2.24) is 0 Å². The van der Waals surface area contributed by atoms with Crippen LogP contribution in [0.15, 0.2) is 18.2 Å². The number of primary amides is 1. The summed E-state index contributed by atoms with van der Waals surface area (Å²) in [5.74, 6) is -0.314. The van der Waals surface area contributed by atoms with Crippen molar-refractivity contribution in [2.45, 2.75) is 38.8 Å². The third-order valence-corrected chi connectivity index (χ3v) is 2.74. The van der Waals surface area contributed by atoms with E-state index in [1.54, 1.807) is 26.8 Å². The molecule has 0 bridgehead atoms. The fourth-order valence-electron chi connectivity index (χ4n) is 1.70. The highest BCUT2D eigenvalue weighted by atomic mass is 19.1. The summed E-state index contributed by atoms with van der Waals surface area (Å²) in [5, 5.41) is 0. The first-order valence-corrected chi connectivity index (χ1v) is 5.74. The summed E-state index contributed by atoms with van der Waals surface area (Å²) in [4.78, 5) is 11.1. The van der Waals surface area contributed by atoms with Gasteiger partial charge in [-0.3, -0.25) is 4.79 Å². The molecule has 2 atom stereocenters. The van der Waals surface area contributed by atoms with Gasteiger partial charge in [-0.15, -0.1) is 0 Å². The molecule has 4 N–H and O–H groups in total. The largest absolute Gasteiger partial charge is 0.490 e. The van der Waals surface area contributed by atoms with Gasteiger partial charge in [-0.05, 0) is 44.5 Å². The number of halogens is 1. The van der Waals surface area contributed by atoms with Crippen LogP contribution < -0.4 is 16.2 Å². The van der Waals surface area contributed by atoms with Gasteiger partial charge in [0.1, 0.15) is 11.6 Å². The molecule has 0 aliphatic carbocycles. The van der Waals surface area contributed by atoms with Gasteiger partial charge in [0.2, 0.25) is 5.91 Å². The number of benzene rings is 1. The van der Waals surface area contributed by atoms with E-state index in [1.807, 2.05) is 0 Å². The SMILES string of the molecule is Cc1cc(F)ccc1OC(C)CC(C)(N)C(N)=O. The second kappa shape index (κ2) is 5.35. The maximum Gasteiger partial charge on any atom is 0.237 e. The van der Waals surface area contributed by atoms with E-state index in [0.717, 1.165) is 0 Å². The Kier molecular flexibility index (Phi) is 4.29. The standard InChI is InChI=1S/C13H19FN2O2/c1-8-6-10(14)4-5-11(8)18-9(2)7-13(3,16)12(15)17/h4-6,9H,7,16H2,1-3H3,(H2,15,17). The summed E-state index contributed by atoms with van der Waals surface area (Å²) >= 11 is 0. The first-order chi connectivity index (χ1) is 8.22. The molecule has 0 aliphatic rings. The summed E-state index contributed by atoms with van der Waals surface area (Å²) in [6, 6.07) is 4.27. The van der Waals surface area contributed by atoms with Crippen molar-refractivity contribution in [2.75, 3.05) is 0 Å². The van der Waals surface area contributed by atoms with Crippen LogP contribution in [0.25, 0.3) is 0 Å².